The molecule has 35 heavy (non-hydrogen) atoms. The second kappa shape index (κ2) is 7.81. The van der Waals surface area contributed by atoms with E-state index < -0.39 is 28.6 Å². The maximum Gasteiger partial charge on any atom is 0.338 e. The topological polar surface area (TPSA) is 52.6 Å². The lowest BCUT2D eigenvalue weighted by molar-refractivity contribution is -0.174. The molecule has 0 aliphatic heterocycles. The number of rotatable bonds is 5. The number of carbonyl (C=O) groups is 2. The van der Waals surface area contributed by atoms with E-state index >= 15 is 0 Å². The number of ether oxygens (including phenoxy) is 2. The van der Waals surface area contributed by atoms with Gasteiger partial charge in [0.2, 0.25) is 0 Å². The number of benzene rings is 3. The molecule has 0 N–H and O–H groups in total. The van der Waals surface area contributed by atoms with Gasteiger partial charge in [-0.3, -0.25) is 0 Å². The lowest BCUT2D eigenvalue weighted by Gasteiger charge is -2.52. The molecule has 2 aliphatic rings. The second-order valence-electron chi connectivity index (χ2n) is 10.8. The van der Waals surface area contributed by atoms with Gasteiger partial charge >= 0.3 is 11.9 Å². The zero-order valence-corrected chi connectivity index (χ0v) is 21.0. The third-order valence-electron chi connectivity index (χ3n) is 9.24. The van der Waals surface area contributed by atoms with E-state index in [1.54, 1.807) is 24.3 Å². The fourth-order valence-corrected chi connectivity index (χ4v) is 6.76. The Morgan fingerprint density at radius 1 is 0.686 bits per heavy atom. The van der Waals surface area contributed by atoms with Crippen LogP contribution in [0, 0.1) is 18.3 Å². The zero-order chi connectivity index (χ0) is 25.1. The van der Waals surface area contributed by atoms with E-state index in [4.69, 9.17) is 9.47 Å². The fourth-order valence-electron chi connectivity index (χ4n) is 6.76. The van der Waals surface area contributed by atoms with Gasteiger partial charge in [-0.15, -0.1) is 0 Å². The van der Waals surface area contributed by atoms with Gasteiger partial charge in [-0.25, -0.2) is 9.59 Å². The molecule has 0 spiro atoms. The lowest BCUT2D eigenvalue weighted by Crippen LogP contribution is -2.64. The van der Waals surface area contributed by atoms with E-state index in [0.717, 1.165) is 17.5 Å². The van der Waals surface area contributed by atoms with Crippen molar-refractivity contribution >= 4 is 11.9 Å². The monoisotopic (exact) mass is 468 g/mol. The molecule has 2 aliphatic carbocycles. The Bertz CT molecular complexity index is 1290. The molecular formula is C31H32O4. The van der Waals surface area contributed by atoms with Crippen LogP contribution in [-0.4, -0.2) is 23.1 Å². The molecule has 4 nitrogen and oxygen atoms in total. The largest absolute Gasteiger partial charge is 0.451 e. The molecule has 0 radical (unpaired) electrons. The van der Waals surface area contributed by atoms with Crippen LogP contribution in [0.25, 0.3) is 0 Å². The van der Waals surface area contributed by atoms with Crippen molar-refractivity contribution in [3.05, 3.63) is 107 Å². The summed E-state index contributed by atoms with van der Waals surface area (Å²) in [5.74, 6) is -0.644. The summed E-state index contributed by atoms with van der Waals surface area (Å²) in [6, 6.07) is 26.3. The first-order chi connectivity index (χ1) is 16.6. The minimum atomic E-state index is -1.12. The first kappa shape index (κ1) is 23.3. The standard InChI is InChI=1S/C31H32O4/c1-21-14-12-13-19-24(21)29(3)25-20-28(25,2)30(4,34-26(32)22-15-8-6-9-16-22)31(29,5)35-27(33)23-17-10-7-11-18-23/h6-19,25H,20H2,1-5H3. The van der Waals surface area contributed by atoms with Gasteiger partial charge in [-0.05, 0) is 68.5 Å². The average molecular weight is 469 g/mol. The lowest BCUT2D eigenvalue weighted by atomic mass is 9.63. The summed E-state index contributed by atoms with van der Waals surface area (Å²) in [6.45, 7) is 10.3. The van der Waals surface area contributed by atoms with Crippen molar-refractivity contribution in [3.63, 3.8) is 0 Å². The molecule has 5 unspecified atom stereocenters. The summed E-state index contributed by atoms with van der Waals surface area (Å²) in [7, 11) is 0. The average Bonchev–Trinajstić information content (AvgIpc) is 3.56. The SMILES string of the molecule is Cc1ccccc1C1(C)C2CC2(C)C(C)(OC(=O)c2ccccc2)C1(C)OC(=O)c1ccccc1. The highest BCUT2D eigenvalue weighted by molar-refractivity contribution is 5.91. The molecule has 2 saturated carbocycles. The van der Waals surface area contributed by atoms with E-state index in [9.17, 15) is 9.59 Å². The number of fused-ring (bicyclic) bond motifs is 1. The number of hydrogen-bond acceptors (Lipinski definition) is 4. The summed E-state index contributed by atoms with van der Waals surface area (Å²) in [4.78, 5) is 26.9. The molecule has 0 bridgehead atoms. The van der Waals surface area contributed by atoms with Crippen LogP contribution in [0.4, 0.5) is 0 Å². The highest BCUT2D eigenvalue weighted by atomic mass is 16.6. The quantitative estimate of drug-likeness (QED) is 0.400. The predicted molar refractivity (Wildman–Crippen MR) is 135 cm³/mol. The Kier molecular flexibility index (Phi) is 5.21. The summed E-state index contributed by atoms with van der Waals surface area (Å²) in [6.07, 6.45) is 0.884. The van der Waals surface area contributed by atoms with E-state index in [1.165, 1.54) is 0 Å². The molecule has 2 fully saturated rings. The number of carbonyl (C=O) groups excluding carboxylic acids is 2. The van der Waals surface area contributed by atoms with Crippen LogP contribution in [0.15, 0.2) is 84.9 Å². The molecule has 0 amide bonds. The minimum Gasteiger partial charge on any atom is -0.451 e. The summed E-state index contributed by atoms with van der Waals surface area (Å²) in [5.41, 5.74) is 0.115. The van der Waals surface area contributed by atoms with Crippen molar-refractivity contribution in [2.24, 2.45) is 11.3 Å². The van der Waals surface area contributed by atoms with Crippen LogP contribution in [0.1, 0.15) is 66.0 Å². The zero-order valence-electron chi connectivity index (χ0n) is 21.0. The Labute approximate surface area is 207 Å². The van der Waals surface area contributed by atoms with Crippen LogP contribution in [0.5, 0.6) is 0 Å². The maximum absolute atomic E-state index is 13.5. The molecule has 3 aromatic rings. The molecule has 180 valence electrons. The molecule has 0 aromatic heterocycles. The van der Waals surface area contributed by atoms with Crippen LogP contribution < -0.4 is 0 Å². The second-order valence-corrected chi connectivity index (χ2v) is 10.8. The van der Waals surface area contributed by atoms with Gasteiger partial charge in [0.15, 0.2) is 11.2 Å². The van der Waals surface area contributed by atoms with E-state index in [1.807, 2.05) is 62.4 Å². The highest BCUT2D eigenvalue weighted by Crippen LogP contribution is 2.80. The van der Waals surface area contributed by atoms with Crippen molar-refractivity contribution in [2.45, 2.75) is 57.7 Å². The van der Waals surface area contributed by atoms with Crippen molar-refractivity contribution in [1.29, 1.82) is 0 Å². The van der Waals surface area contributed by atoms with Crippen molar-refractivity contribution in [2.75, 3.05) is 0 Å². The van der Waals surface area contributed by atoms with E-state index in [2.05, 4.69) is 32.9 Å². The van der Waals surface area contributed by atoms with Crippen LogP contribution in [-0.2, 0) is 14.9 Å². The van der Waals surface area contributed by atoms with Gasteiger partial charge in [-0.1, -0.05) is 74.5 Å². The van der Waals surface area contributed by atoms with Crippen molar-refractivity contribution in [3.8, 4) is 0 Å². The van der Waals surface area contributed by atoms with Crippen LogP contribution in [0.3, 0.4) is 0 Å². The third-order valence-corrected chi connectivity index (χ3v) is 9.24. The van der Waals surface area contributed by atoms with Crippen molar-refractivity contribution < 1.29 is 19.1 Å². The Morgan fingerprint density at radius 2 is 1.14 bits per heavy atom. The Hall–Kier alpha value is -3.40. The molecule has 4 heteroatoms. The summed E-state index contributed by atoms with van der Waals surface area (Å²) in [5, 5.41) is 0. The molecule has 5 atom stereocenters. The van der Waals surface area contributed by atoms with Gasteiger partial charge in [0.05, 0.1) is 11.1 Å². The molecule has 3 aromatic carbocycles. The summed E-state index contributed by atoms with van der Waals surface area (Å²) >= 11 is 0. The predicted octanol–water partition coefficient (Wildman–Crippen LogP) is 6.52. The molecule has 0 saturated heterocycles. The molecular weight excluding hydrogens is 436 g/mol. The highest BCUT2D eigenvalue weighted by Gasteiger charge is 2.87. The Morgan fingerprint density at radius 3 is 1.66 bits per heavy atom. The molecule has 5 rings (SSSR count). The van der Waals surface area contributed by atoms with Gasteiger partial charge in [0, 0.05) is 10.8 Å². The number of esters is 2. The molecule has 0 heterocycles. The number of hydrogen-bond donors (Lipinski definition) is 0. The first-order valence-electron chi connectivity index (χ1n) is 12.2. The maximum atomic E-state index is 13.5. The van der Waals surface area contributed by atoms with Gasteiger partial charge in [-0.2, -0.15) is 0 Å². The Balaban J connectivity index is 1.66. The fraction of sp³-hybridized carbons (Fsp3) is 0.355. The van der Waals surface area contributed by atoms with E-state index in [0.29, 0.717) is 11.1 Å². The van der Waals surface area contributed by atoms with Gasteiger partial charge in [0.25, 0.3) is 0 Å². The van der Waals surface area contributed by atoms with Crippen LogP contribution in [0.2, 0.25) is 0 Å². The smallest absolute Gasteiger partial charge is 0.338 e. The van der Waals surface area contributed by atoms with Gasteiger partial charge < -0.3 is 9.47 Å². The minimum absolute atomic E-state index is 0.179. The van der Waals surface area contributed by atoms with Gasteiger partial charge in [0.1, 0.15) is 0 Å². The summed E-state index contributed by atoms with van der Waals surface area (Å²) < 4.78 is 12.9. The normalized spacial score (nSPS) is 33.0. The first-order valence-corrected chi connectivity index (χ1v) is 12.2. The van der Waals surface area contributed by atoms with Crippen molar-refractivity contribution in [1.82, 2.24) is 0 Å². The number of aryl methyl sites for hydroxylation is 1. The third kappa shape index (κ3) is 3.12. The van der Waals surface area contributed by atoms with Crippen LogP contribution >= 0.6 is 0 Å². The van der Waals surface area contributed by atoms with E-state index in [-0.39, 0.29) is 11.3 Å².